The topological polar surface area (TPSA) is 71.0 Å². The summed E-state index contributed by atoms with van der Waals surface area (Å²) in [6, 6.07) is 10.3. The average molecular weight is 334 g/mol. The number of aliphatic hydroxyl groups is 1. The van der Waals surface area contributed by atoms with Gasteiger partial charge in [0, 0.05) is 25.7 Å². The van der Waals surface area contributed by atoms with Crippen LogP contribution in [0.2, 0.25) is 0 Å². The molecule has 2 atom stereocenters. The molecular weight excluding hydrogens is 308 g/mol. The normalized spacial score (nSPS) is 25.7. The molecule has 2 aliphatic rings. The number of β-amino-alcohol motifs (C(OH)–C–C–N with tert-alkyl or cyclic N) is 1. The molecule has 0 saturated carbocycles. The minimum absolute atomic E-state index is 0.0667. The zero-order valence-electron chi connectivity index (χ0n) is 13.9. The second kappa shape index (κ2) is 8.58. The Bertz CT molecular complexity index is 519. The van der Waals surface area contributed by atoms with Gasteiger partial charge >= 0.3 is 0 Å². The first kappa shape index (κ1) is 17.4. The lowest BCUT2D eigenvalue weighted by molar-refractivity contribution is -0.183. The van der Waals surface area contributed by atoms with E-state index in [0.717, 1.165) is 13.0 Å². The fourth-order valence-corrected chi connectivity index (χ4v) is 3.29. The SMILES string of the molecule is O=C(CC1OCCCO1)NC[C@@H]1C[C@H](O)CN1Cc1ccccc1. The van der Waals surface area contributed by atoms with Crippen LogP contribution in [0.1, 0.15) is 24.8 Å². The number of rotatable bonds is 6. The number of hydrogen-bond acceptors (Lipinski definition) is 5. The number of likely N-dealkylation sites (tertiary alicyclic amines) is 1. The predicted octanol–water partition coefficient (Wildman–Crippen LogP) is 0.891. The molecular formula is C18H26N2O4. The number of amides is 1. The minimum Gasteiger partial charge on any atom is -0.392 e. The molecule has 132 valence electrons. The van der Waals surface area contributed by atoms with Crippen LogP contribution in [0.15, 0.2) is 30.3 Å². The van der Waals surface area contributed by atoms with Crippen LogP contribution >= 0.6 is 0 Å². The summed E-state index contributed by atoms with van der Waals surface area (Å²) in [5.41, 5.74) is 1.21. The van der Waals surface area contributed by atoms with Crippen LogP contribution in [0.5, 0.6) is 0 Å². The van der Waals surface area contributed by atoms with E-state index in [-0.39, 0.29) is 24.5 Å². The van der Waals surface area contributed by atoms with Gasteiger partial charge in [-0.05, 0) is 18.4 Å². The van der Waals surface area contributed by atoms with Crippen LogP contribution in [0.3, 0.4) is 0 Å². The highest BCUT2D eigenvalue weighted by atomic mass is 16.7. The number of benzene rings is 1. The first-order valence-corrected chi connectivity index (χ1v) is 8.66. The maximum atomic E-state index is 12.1. The second-order valence-corrected chi connectivity index (χ2v) is 6.49. The van der Waals surface area contributed by atoms with E-state index in [4.69, 9.17) is 9.47 Å². The van der Waals surface area contributed by atoms with Gasteiger partial charge in [-0.25, -0.2) is 0 Å². The van der Waals surface area contributed by atoms with Crippen molar-refractivity contribution in [3.63, 3.8) is 0 Å². The Balaban J connectivity index is 1.46. The summed E-state index contributed by atoms with van der Waals surface area (Å²) in [7, 11) is 0. The van der Waals surface area contributed by atoms with E-state index in [1.54, 1.807) is 0 Å². The summed E-state index contributed by atoms with van der Waals surface area (Å²) in [5, 5.41) is 12.9. The van der Waals surface area contributed by atoms with E-state index in [9.17, 15) is 9.90 Å². The quantitative estimate of drug-likeness (QED) is 0.808. The zero-order valence-corrected chi connectivity index (χ0v) is 13.9. The second-order valence-electron chi connectivity index (χ2n) is 6.49. The number of nitrogens with zero attached hydrogens (tertiary/aromatic N) is 1. The predicted molar refractivity (Wildman–Crippen MR) is 89.2 cm³/mol. The van der Waals surface area contributed by atoms with Crippen LogP contribution in [0.25, 0.3) is 0 Å². The Labute approximate surface area is 142 Å². The third-order valence-electron chi connectivity index (χ3n) is 4.52. The minimum atomic E-state index is -0.423. The number of carbonyl (C=O) groups excluding carboxylic acids is 1. The van der Waals surface area contributed by atoms with Crippen LogP contribution in [0, 0.1) is 0 Å². The Kier molecular flexibility index (Phi) is 6.20. The number of ether oxygens (including phenoxy) is 2. The monoisotopic (exact) mass is 334 g/mol. The summed E-state index contributed by atoms with van der Waals surface area (Å²) in [5.74, 6) is -0.0667. The summed E-state index contributed by atoms with van der Waals surface area (Å²) in [4.78, 5) is 14.3. The Morgan fingerprint density at radius 3 is 2.75 bits per heavy atom. The standard InChI is InChI=1S/C18H26N2O4/c21-16-9-15(20(13-16)12-14-5-2-1-3-6-14)11-19-17(22)10-18-23-7-4-8-24-18/h1-3,5-6,15-16,18,21H,4,7-13H2,(H,19,22)/t15-,16-/m0/s1. The largest absolute Gasteiger partial charge is 0.392 e. The molecule has 0 aromatic heterocycles. The number of aliphatic hydroxyl groups excluding tert-OH is 1. The van der Waals surface area contributed by atoms with Gasteiger partial charge in [-0.2, -0.15) is 0 Å². The first-order chi connectivity index (χ1) is 11.7. The molecule has 24 heavy (non-hydrogen) atoms. The third-order valence-corrected chi connectivity index (χ3v) is 4.52. The lowest BCUT2D eigenvalue weighted by atomic mass is 10.1. The summed E-state index contributed by atoms with van der Waals surface area (Å²) >= 11 is 0. The van der Waals surface area contributed by atoms with Gasteiger partial charge in [-0.3, -0.25) is 9.69 Å². The van der Waals surface area contributed by atoms with Crippen LogP contribution in [-0.4, -0.2) is 60.7 Å². The molecule has 2 heterocycles. The molecule has 2 aliphatic heterocycles. The van der Waals surface area contributed by atoms with E-state index in [1.165, 1.54) is 5.56 Å². The Morgan fingerprint density at radius 1 is 1.25 bits per heavy atom. The van der Waals surface area contributed by atoms with Crippen molar-refractivity contribution in [1.82, 2.24) is 10.2 Å². The van der Waals surface area contributed by atoms with Crippen LogP contribution in [0.4, 0.5) is 0 Å². The van der Waals surface area contributed by atoms with E-state index in [0.29, 0.717) is 32.7 Å². The molecule has 1 amide bonds. The first-order valence-electron chi connectivity index (χ1n) is 8.66. The van der Waals surface area contributed by atoms with Gasteiger partial charge in [0.15, 0.2) is 6.29 Å². The van der Waals surface area contributed by atoms with E-state index < -0.39 is 6.29 Å². The molecule has 2 saturated heterocycles. The Hall–Kier alpha value is -1.47. The van der Waals surface area contributed by atoms with Gasteiger partial charge in [0.1, 0.15) is 0 Å². The van der Waals surface area contributed by atoms with E-state index in [2.05, 4.69) is 22.3 Å². The van der Waals surface area contributed by atoms with Crippen molar-refractivity contribution in [3.8, 4) is 0 Å². The lowest BCUT2D eigenvalue weighted by Gasteiger charge is -2.25. The molecule has 1 aromatic rings. The molecule has 3 rings (SSSR count). The zero-order chi connectivity index (χ0) is 16.8. The van der Waals surface area contributed by atoms with Gasteiger partial charge in [-0.15, -0.1) is 0 Å². The fraction of sp³-hybridized carbons (Fsp3) is 0.611. The van der Waals surface area contributed by atoms with E-state index >= 15 is 0 Å². The summed E-state index contributed by atoms with van der Waals surface area (Å²) in [6.07, 6.45) is 1.04. The molecule has 0 unspecified atom stereocenters. The van der Waals surface area contributed by atoms with Crippen molar-refractivity contribution in [2.45, 2.75) is 44.2 Å². The summed E-state index contributed by atoms with van der Waals surface area (Å²) < 4.78 is 10.8. The third kappa shape index (κ3) is 5.01. The van der Waals surface area contributed by atoms with Gasteiger partial charge in [0.2, 0.25) is 5.91 Å². The smallest absolute Gasteiger partial charge is 0.225 e. The van der Waals surface area contributed by atoms with Crippen molar-refractivity contribution in [1.29, 1.82) is 0 Å². The lowest BCUT2D eigenvalue weighted by Crippen LogP contribution is -2.41. The van der Waals surface area contributed by atoms with Crippen LogP contribution in [-0.2, 0) is 20.8 Å². The maximum absolute atomic E-state index is 12.1. The molecule has 6 heteroatoms. The molecule has 0 spiro atoms. The maximum Gasteiger partial charge on any atom is 0.225 e. The molecule has 1 aromatic carbocycles. The van der Waals surface area contributed by atoms with Crippen molar-refractivity contribution >= 4 is 5.91 Å². The van der Waals surface area contributed by atoms with Crippen molar-refractivity contribution < 1.29 is 19.4 Å². The number of hydrogen-bond donors (Lipinski definition) is 2. The molecule has 6 nitrogen and oxygen atoms in total. The highest BCUT2D eigenvalue weighted by molar-refractivity contribution is 5.76. The number of nitrogens with one attached hydrogen (secondary N) is 1. The average Bonchev–Trinajstić information content (AvgIpc) is 2.94. The van der Waals surface area contributed by atoms with Crippen molar-refractivity contribution in [3.05, 3.63) is 35.9 Å². The molecule has 2 N–H and O–H groups in total. The van der Waals surface area contributed by atoms with Crippen molar-refractivity contribution in [2.75, 3.05) is 26.3 Å². The van der Waals surface area contributed by atoms with Crippen LogP contribution < -0.4 is 5.32 Å². The van der Waals surface area contributed by atoms with Gasteiger partial charge in [0.25, 0.3) is 0 Å². The van der Waals surface area contributed by atoms with E-state index in [1.807, 2.05) is 18.2 Å². The van der Waals surface area contributed by atoms with Gasteiger partial charge < -0.3 is 19.9 Å². The number of carbonyl (C=O) groups is 1. The van der Waals surface area contributed by atoms with Gasteiger partial charge in [0.05, 0.1) is 25.7 Å². The highest BCUT2D eigenvalue weighted by Gasteiger charge is 2.31. The molecule has 0 aliphatic carbocycles. The van der Waals surface area contributed by atoms with Gasteiger partial charge in [-0.1, -0.05) is 30.3 Å². The summed E-state index contributed by atoms with van der Waals surface area (Å²) in [6.45, 7) is 3.27. The molecule has 0 radical (unpaired) electrons. The molecule has 2 fully saturated rings. The Morgan fingerprint density at radius 2 is 2.00 bits per heavy atom. The molecule has 0 bridgehead atoms. The fourth-order valence-electron chi connectivity index (χ4n) is 3.29. The van der Waals surface area contributed by atoms with Crippen molar-refractivity contribution in [2.24, 2.45) is 0 Å². The highest BCUT2D eigenvalue weighted by Crippen LogP contribution is 2.20.